The first-order valence-corrected chi connectivity index (χ1v) is 7.67. The predicted octanol–water partition coefficient (Wildman–Crippen LogP) is 0.860. The smallest absolute Gasteiger partial charge is 0.252 e. The Morgan fingerprint density at radius 2 is 2.05 bits per heavy atom. The van der Waals surface area contributed by atoms with Crippen molar-refractivity contribution in [1.29, 1.82) is 0 Å². The van der Waals surface area contributed by atoms with Crippen molar-refractivity contribution in [2.24, 2.45) is 5.92 Å². The lowest BCUT2D eigenvalue weighted by Crippen LogP contribution is -2.47. The zero-order valence-corrected chi connectivity index (χ0v) is 12.2. The van der Waals surface area contributed by atoms with Crippen molar-refractivity contribution in [2.45, 2.75) is 25.8 Å². The van der Waals surface area contributed by atoms with Crippen LogP contribution in [0.15, 0.2) is 11.8 Å². The van der Waals surface area contributed by atoms with E-state index in [1.165, 1.54) is 0 Å². The predicted molar refractivity (Wildman–Crippen MR) is 75.2 cm³/mol. The third-order valence-electron chi connectivity index (χ3n) is 4.58. The van der Waals surface area contributed by atoms with Gasteiger partial charge in [0, 0.05) is 32.2 Å². The average molecular weight is 280 g/mol. The molecule has 5 nitrogen and oxygen atoms in total. The fourth-order valence-corrected chi connectivity index (χ4v) is 3.42. The number of likely N-dealkylation sites (tertiary alicyclic amines) is 1. The summed E-state index contributed by atoms with van der Waals surface area (Å²) in [6.07, 6.45) is 3.47. The summed E-state index contributed by atoms with van der Waals surface area (Å²) in [5.74, 6) is 0.703. The van der Waals surface area contributed by atoms with Crippen LogP contribution in [0, 0.1) is 5.92 Å². The van der Waals surface area contributed by atoms with Crippen LogP contribution in [0.2, 0.25) is 0 Å². The van der Waals surface area contributed by atoms with Gasteiger partial charge in [-0.15, -0.1) is 0 Å². The minimum atomic E-state index is 0.173. The number of amides is 1. The second-order valence-corrected chi connectivity index (χ2v) is 6.02. The van der Waals surface area contributed by atoms with Crippen LogP contribution in [0.3, 0.4) is 0 Å². The van der Waals surface area contributed by atoms with Crippen molar-refractivity contribution in [3.05, 3.63) is 11.8 Å². The van der Waals surface area contributed by atoms with E-state index < -0.39 is 0 Å². The zero-order valence-electron chi connectivity index (χ0n) is 12.2. The molecule has 3 aliphatic heterocycles. The summed E-state index contributed by atoms with van der Waals surface area (Å²) < 4.78 is 10.7. The van der Waals surface area contributed by atoms with E-state index in [-0.39, 0.29) is 5.91 Å². The van der Waals surface area contributed by atoms with Crippen LogP contribution < -0.4 is 0 Å². The third kappa shape index (κ3) is 2.83. The molecule has 112 valence electrons. The highest BCUT2D eigenvalue weighted by Gasteiger charge is 2.37. The lowest BCUT2D eigenvalue weighted by Gasteiger charge is -2.34. The molecule has 5 heteroatoms. The van der Waals surface area contributed by atoms with Crippen molar-refractivity contribution in [3.63, 3.8) is 0 Å². The molecule has 0 aliphatic carbocycles. The number of ether oxygens (including phenoxy) is 2. The Hall–Kier alpha value is -1.07. The molecule has 1 amide bonds. The van der Waals surface area contributed by atoms with Crippen molar-refractivity contribution < 1.29 is 14.3 Å². The van der Waals surface area contributed by atoms with Gasteiger partial charge in [0.25, 0.3) is 5.91 Å². The minimum absolute atomic E-state index is 0.173. The first-order chi connectivity index (χ1) is 9.75. The van der Waals surface area contributed by atoms with Gasteiger partial charge in [-0.05, 0) is 18.8 Å². The van der Waals surface area contributed by atoms with E-state index in [0.29, 0.717) is 12.0 Å². The van der Waals surface area contributed by atoms with Gasteiger partial charge in [-0.3, -0.25) is 9.69 Å². The molecule has 3 heterocycles. The van der Waals surface area contributed by atoms with Crippen LogP contribution in [-0.4, -0.2) is 67.7 Å². The van der Waals surface area contributed by atoms with Crippen LogP contribution in [0.1, 0.15) is 19.8 Å². The first kappa shape index (κ1) is 13.9. The van der Waals surface area contributed by atoms with Crippen LogP contribution in [0.25, 0.3) is 0 Å². The van der Waals surface area contributed by atoms with Crippen LogP contribution >= 0.6 is 0 Å². The molecular formula is C15H24N2O3. The molecule has 0 aromatic rings. The highest BCUT2D eigenvalue weighted by atomic mass is 16.5. The monoisotopic (exact) mass is 280 g/mol. The molecule has 3 rings (SSSR count). The van der Waals surface area contributed by atoms with Crippen molar-refractivity contribution in [3.8, 4) is 0 Å². The summed E-state index contributed by atoms with van der Waals surface area (Å²) in [5.41, 5.74) is 0.839. The van der Waals surface area contributed by atoms with E-state index in [1.807, 2.05) is 4.90 Å². The lowest BCUT2D eigenvalue weighted by molar-refractivity contribution is -0.127. The van der Waals surface area contributed by atoms with Crippen molar-refractivity contribution >= 4 is 5.91 Å². The number of morpholine rings is 1. The van der Waals surface area contributed by atoms with Gasteiger partial charge in [-0.25, -0.2) is 0 Å². The van der Waals surface area contributed by atoms with E-state index in [4.69, 9.17) is 9.47 Å². The van der Waals surface area contributed by atoms with Gasteiger partial charge in [-0.2, -0.15) is 0 Å². The normalized spacial score (nSPS) is 31.9. The zero-order chi connectivity index (χ0) is 13.9. The summed E-state index contributed by atoms with van der Waals surface area (Å²) >= 11 is 0. The topological polar surface area (TPSA) is 42.0 Å². The van der Waals surface area contributed by atoms with Gasteiger partial charge < -0.3 is 14.4 Å². The van der Waals surface area contributed by atoms with Gasteiger partial charge in [0.2, 0.25) is 0 Å². The Kier molecular flexibility index (Phi) is 4.27. The fourth-order valence-electron chi connectivity index (χ4n) is 3.42. The number of carbonyl (C=O) groups is 1. The summed E-state index contributed by atoms with van der Waals surface area (Å²) in [7, 11) is 0. The highest BCUT2D eigenvalue weighted by Crippen LogP contribution is 2.25. The maximum atomic E-state index is 12.5. The second-order valence-electron chi connectivity index (χ2n) is 6.02. The van der Waals surface area contributed by atoms with E-state index >= 15 is 0 Å². The summed E-state index contributed by atoms with van der Waals surface area (Å²) in [6, 6.07) is 0.480. The Morgan fingerprint density at radius 3 is 2.75 bits per heavy atom. The second kappa shape index (κ2) is 6.14. The van der Waals surface area contributed by atoms with Gasteiger partial charge in [0.15, 0.2) is 0 Å². The van der Waals surface area contributed by atoms with E-state index in [0.717, 1.165) is 64.4 Å². The Morgan fingerprint density at radius 1 is 1.25 bits per heavy atom. The molecule has 0 saturated carbocycles. The molecule has 0 N–H and O–H groups in total. The molecule has 0 radical (unpaired) electrons. The van der Waals surface area contributed by atoms with Crippen LogP contribution in [0.5, 0.6) is 0 Å². The van der Waals surface area contributed by atoms with Gasteiger partial charge >= 0.3 is 0 Å². The van der Waals surface area contributed by atoms with Gasteiger partial charge in [0.05, 0.1) is 31.7 Å². The minimum Gasteiger partial charge on any atom is -0.501 e. The van der Waals surface area contributed by atoms with E-state index in [9.17, 15) is 4.79 Å². The molecule has 0 spiro atoms. The SMILES string of the molecule is C[C@@H]1CN(C(=O)C2=COCCC2)C[C@H]1N1CCOCC1. The number of nitrogens with zero attached hydrogens (tertiary/aromatic N) is 2. The van der Waals surface area contributed by atoms with E-state index in [2.05, 4.69) is 11.8 Å². The summed E-state index contributed by atoms with van der Waals surface area (Å²) in [5, 5.41) is 0. The number of carbonyl (C=O) groups excluding carboxylic acids is 1. The number of rotatable bonds is 2. The Bertz CT molecular complexity index is 391. The molecule has 3 aliphatic rings. The average Bonchev–Trinajstić information content (AvgIpc) is 2.90. The standard InChI is InChI=1S/C15H24N2O3/c1-12-9-17(15(18)13-3-2-6-20-11-13)10-14(12)16-4-7-19-8-5-16/h11-12,14H,2-10H2,1H3/t12-,14-/m1/s1. The number of hydrogen-bond donors (Lipinski definition) is 0. The van der Waals surface area contributed by atoms with Gasteiger partial charge in [0.1, 0.15) is 0 Å². The first-order valence-electron chi connectivity index (χ1n) is 7.67. The molecule has 2 atom stereocenters. The molecule has 0 aromatic heterocycles. The summed E-state index contributed by atoms with van der Waals surface area (Å²) in [6.45, 7) is 8.30. The van der Waals surface area contributed by atoms with E-state index in [1.54, 1.807) is 6.26 Å². The molecule has 0 bridgehead atoms. The Labute approximate surface area is 120 Å². The maximum absolute atomic E-state index is 12.5. The highest BCUT2D eigenvalue weighted by molar-refractivity contribution is 5.93. The number of hydrogen-bond acceptors (Lipinski definition) is 4. The van der Waals surface area contributed by atoms with Crippen LogP contribution in [-0.2, 0) is 14.3 Å². The molecule has 2 fully saturated rings. The Balaban J connectivity index is 1.62. The summed E-state index contributed by atoms with van der Waals surface area (Å²) in [4.78, 5) is 17.0. The molecular weight excluding hydrogens is 256 g/mol. The lowest BCUT2D eigenvalue weighted by atomic mass is 10.0. The maximum Gasteiger partial charge on any atom is 0.252 e. The van der Waals surface area contributed by atoms with Crippen molar-refractivity contribution in [2.75, 3.05) is 46.0 Å². The van der Waals surface area contributed by atoms with Crippen molar-refractivity contribution in [1.82, 2.24) is 9.80 Å². The van der Waals surface area contributed by atoms with Gasteiger partial charge in [-0.1, -0.05) is 6.92 Å². The quantitative estimate of drug-likeness (QED) is 0.752. The molecule has 20 heavy (non-hydrogen) atoms. The van der Waals surface area contributed by atoms with Crippen LogP contribution in [0.4, 0.5) is 0 Å². The molecule has 0 aromatic carbocycles. The third-order valence-corrected chi connectivity index (χ3v) is 4.58. The largest absolute Gasteiger partial charge is 0.501 e. The molecule has 0 unspecified atom stereocenters. The molecule has 2 saturated heterocycles. The fraction of sp³-hybridized carbons (Fsp3) is 0.800.